The third-order valence-corrected chi connectivity index (χ3v) is 5.09. The monoisotopic (exact) mass is 302 g/mol. The van der Waals surface area contributed by atoms with Crippen molar-refractivity contribution in [3.63, 3.8) is 0 Å². The van der Waals surface area contributed by atoms with E-state index < -0.39 is 0 Å². The molecule has 0 saturated carbocycles. The molecule has 106 valence electrons. The minimum Gasteiger partial charge on any atom is -0.465 e. The highest BCUT2D eigenvalue weighted by atomic mass is 32.2. The van der Waals surface area contributed by atoms with Crippen LogP contribution in [-0.2, 0) is 9.47 Å². The second kappa shape index (κ2) is 6.49. The third-order valence-electron chi connectivity index (χ3n) is 2.99. The molecule has 3 N–H and O–H groups in total. The molecule has 1 unspecified atom stereocenters. The summed E-state index contributed by atoms with van der Waals surface area (Å²) in [6.07, 6.45) is 4.38. The zero-order valence-electron chi connectivity index (χ0n) is 11.0. The highest BCUT2D eigenvalue weighted by Gasteiger charge is 2.22. The van der Waals surface area contributed by atoms with Gasteiger partial charge in [0.05, 0.1) is 23.8 Å². The number of rotatable bonds is 5. The molecule has 2 heterocycles. The Hall–Kier alpha value is -0.920. The molecule has 7 heteroatoms. The SMILES string of the molecule is COC(=O)c1sc(NCC2CCCO2)c(SC)c1N. The second-order valence-electron chi connectivity index (χ2n) is 4.21. The lowest BCUT2D eigenvalue weighted by atomic mass is 10.2. The smallest absolute Gasteiger partial charge is 0.350 e. The van der Waals surface area contributed by atoms with Gasteiger partial charge in [0.25, 0.3) is 0 Å². The van der Waals surface area contributed by atoms with Crippen molar-refractivity contribution in [1.29, 1.82) is 0 Å². The standard InChI is InChI=1S/C12H18N2O3S2/c1-16-12(15)10-8(13)9(18-2)11(19-10)14-6-7-4-3-5-17-7/h7,14H,3-6,13H2,1-2H3. The van der Waals surface area contributed by atoms with Crippen LogP contribution < -0.4 is 11.1 Å². The van der Waals surface area contributed by atoms with E-state index in [0.29, 0.717) is 10.6 Å². The molecule has 19 heavy (non-hydrogen) atoms. The molecule has 1 aromatic heterocycles. The van der Waals surface area contributed by atoms with Crippen molar-refractivity contribution in [2.75, 3.05) is 37.6 Å². The molecular weight excluding hydrogens is 284 g/mol. The Bertz CT molecular complexity index is 456. The predicted molar refractivity (Wildman–Crippen MR) is 79.3 cm³/mol. The van der Waals surface area contributed by atoms with Gasteiger partial charge in [-0.2, -0.15) is 0 Å². The minimum absolute atomic E-state index is 0.250. The first-order valence-corrected chi connectivity index (χ1v) is 8.11. The molecule has 5 nitrogen and oxygen atoms in total. The largest absolute Gasteiger partial charge is 0.465 e. The van der Waals surface area contributed by atoms with Crippen LogP contribution in [0.3, 0.4) is 0 Å². The van der Waals surface area contributed by atoms with E-state index in [9.17, 15) is 4.79 Å². The summed E-state index contributed by atoms with van der Waals surface area (Å²) in [6.45, 7) is 1.58. The summed E-state index contributed by atoms with van der Waals surface area (Å²) in [4.78, 5) is 13.0. The molecule has 0 aromatic carbocycles. The molecular formula is C12H18N2O3S2. The summed E-state index contributed by atoms with van der Waals surface area (Å²) in [6, 6.07) is 0. The lowest BCUT2D eigenvalue weighted by Crippen LogP contribution is -2.18. The Kier molecular flexibility index (Phi) is 4.95. The van der Waals surface area contributed by atoms with Crippen LogP contribution in [0.2, 0.25) is 0 Å². The molecule has 2 rings (SSSR count). The molecule has 0 spiro atoms. The molecule has 0 radical (unpaired) electrons. The number of hydrogen-bond donors (Lipinski definition) is 2. The predicted octanol–water partition coefficient (Wildman–Crippen LogP) is 2.43. The van der Waals surface area contributed by atoms with Gasteiger partial charge in [0, 0.05) is 13.2 Å². The highest BCUT2D eigenvalue weighted by Crippen LogP contribution is 2.42. The molecule has 1 aliphatic heterocycles. The number of methoxy groups -OCH3 is 1. The summed E-state index contributed by atoms with van der Waals surface area (Å²) in [5.74, 6) is -0.386. The fourth-order valence-electron chi connectivity index (χ4n) is 2.00. The quantitative estimate of drug-likeness (QED) is 0.643. The molecule has 1 fully saturated rings. The molecule has 0 amide bonds. The van der Waals surface area contributed by atoms with Gasteiger partial charge in [-0.1, -0.05) is 0 Å². The molecule has 1 saturated heterocycles. The van der Waals surface area contributed by atoms with Crippen molar-refractivity contribution in [2.24, 2.45) is 0 Å². The van der Waals surface area contributed by atoms with Gasteiger partial charge in [0.2, 0.25) is 0 Å². The van der Waals surface area contributed by atoms with Crippen LogP contribution >= 0.6 is 23.1 Å². The van der Waals surface area contributed by atoms with Crippen molar-refractivity contribution >= 4 is 39.8 Å². The Labute approximate surface area is 120 Å². The van der Waals surface area contributed by atoms with Gasteiger partial charge < -0.3 is 20.5 Å². The van der Waals surface area contributed by atoms with Crippen LogP contribution in [0.5, 0.6) is 0 Å². The van der Waals surface area contributed by atoms with E-state index >= 15 is 0 Å². The molecule has 1 atom stereocenters. The van der Waals surface area contributed by atoms with Gasteiger partial charge in [-0.3, -0.25) is 0 Å². The summed E-state index contributed by atoms with van der Waals surface area (Å²) < 4.78 is 10.3. The van der Waals surface area contributed by atoms with Gasteiger partial charge in [-0.05, 0) is 19.1 Å². The van der Waals surface area contributed by atoms with Crippen molar-refractivity contribution < 1.29 is 14.3 Å². The van der Waals surface area contributed by atoms with Crippen LogP contribution in [0, 0.1) is 0 Å². The molecule has 1 aliphatic rings. The van der Waals surface area contributed by atoms with Crippen LogP contribution in [0.1, 0.15) is 22.5 Å². The van der Waals surface area contributed by atoms with E-state index in [4.69, 9.17) is 15.2 Å². The van der Waals surface area contributed by atoms with Crippen molar-refractivity contribution in [3.8, 4) is 0 Å². The van der Waals surface area contributed by atoms with Gasteiger partial charge in [-0.25, -0.2) is 4.79 Å². The van der Waals surface area contributed by atoms with Crippen molar-refractivity contribution in [1.82, 2.24) is 0 Å². The first-order chi connectivity index (χ1) is 9.17. The summed E-state index contributed by atoms with van der Waals surface area (Å²) in [5.41, 5.74) is 6.49. The zero-order valence-corrected chi connectivity index (χ0v) is 12.7. The Morgan fingerprint density at radius 3 is 3.05 bits per heavy atom. The fourth-order valence-corrected chi connectivity index (χ4v) is 3.96. The number of anilines is 2. The summed E-state index contributed by atoms with van der Waals surface area (Å²) in [7, 11) is 1.36. The van der Waals surface area contributed by atoms with E-state index in [-0.39, 0.29) is 12.1 Å². The number of carbonyl (C=O) groups excluding carboxylic acids is 1. The topological polar surface area (TPSA) is 73.6 Å². The first kappa shape index (κ1) is 14.5. The van der Waals surface area contributed by atoms with Gasteiger partial charge in [0.1, 0.15) is 9.88 Å². The number of thiophene rings is 1. The molecule has 1 aromatic rings. The Morgan fingerprint density at radius 1 is 1.68 bits per heavy atom. The zero-order chi connectivity index (χ0) is 13.8. The Balaban J connectivity index is 2.12. The maximum atomic E-state index is 11.6. The third kappa shape index (κ3) is 3.16. The normalized spacial score (nSPS) is 18.5. The van der Waals surface area contributed by atoms with Crippen LogP contribution in [0.4, 0.5) is 10.7 Å². The van der Waals surface area contributed by atoms with Crippen molar-refractivity contribution in [3.05, 3.63) is 4.88 Å². The number of esters is 1. The van der Waals surface area contributed by atoms with E-state index in [0.717, 1.165) is 35.9 Å². The summed E-state index contributed by atoms with van der Waals surface area (Å²) in [5, 5.41) is 4.25. The Morgan fingerprint density at radius 2 is 2.47 bits per heavy atom. The lowest BCUT2D eigenvalue weighted by Gasteiger charge is -2.11. The fraction of sp³-hybridized carbons (Fsp3) is 0.583. The van der Waals surface area contributed by atoms with E-state index in [1.54, 1.807) is 0 Å². The minimum atomic E-state index is -0.386. The number of thioether (sulfide) groups is 1. The summed E-state index contributed by atoms with van der Waals surface area (Å²) >= 11 is 2.87. The number of nitrogens with two attached hydrogens (primary N) is 1. The number of hydrogen-bond acceptors (Lipinski definition) is 7. The van der Waals surface area contributed by atoms with Crippen LogP contribution in [-0.4, -0.2) is 38.6 Å². The maximum Gasteiger partial charge on any atom is 0.350 e. The van der Waals surface area contributed by atoms with E-state index in [1.165, 1.54) is 30.2 Å². The van der Waals surface area contributed by atoms with Crippen molar-refractivity contribution in [2.45, 2.75) is 23.8 Å². The average molecular weight is 302 g/mol. The number of ether oxygens (including phenoxy) is 2. The van der Waals surface area contributed by atoms with Gasteiger partial charge in [-0.15, -0.1) is 23.1 Å². The molecule has 0 aliphatic carbocycles. The van der Waals surface area contributed by atoms with Gasteiger partial charge in [0.15, 0.2) is 0 Å². The van der Waals surface area contributed by atoms with E-state index in [2.05, 4.69) is 5.32 Å². The van der Waals surface area contributed by atoms with Crippen LogP contribution in [0.15, 0.2) is 4.90 Å². The average Bonchev–Trinajstić information content (AvgIpc) is 3.03. The number of nitrogen functional groups attached to an aromatic ring is 1. The first-order valence-electron chi connectivity index (χ1n) is 6.07. The number of carbonyl (C=O) groups is 1. The number of nitrogens with one attached hydrogen (secondary N) is 1. The molecule has 0 bridgehead atoms. The van der Waals surface area contributed by atoms with Crippen LogP contribution in [0.25, 0.3) is 0 Å². The van der Waals surface area contributed by atoms with E-state index in [1.807, 2.05) is 6.26 Å². The second-order valence-corrected chi connectivity index (χ2v) is 6.05. The maximum absolute atomic E-state index is 11.6. The highest BCUT2D eigenvalue weighted by molar-refractivity contribution is 7.99. The lowest BCUT2D eigenvalue weighted by molar-refractivity contribution is 0.0607. The van der Waals surface area contributed by atoms with Gasteiger partial charge >= 0.3 is 5.97 Å².